The third-order valence-corrected chi connectivity index (χ3v) is 3.74. The van der Waals surface area contributed by atoms with E-state index in [0.717, 1.165) is 18.6 Å². The zero-order chi connectivity index (χ0) is 15.6. The Bertz CT molecular complexity index is 656. The maximum atomic E-state index is 12.8. The van der Waals surface area contributed by atoms with Crippen molar-refractivity contribution in [2.75, 3.05) is 5.73 Å². The van der Waals surface area contributed by atoms with Crippen LogP contribution in [0.3, 0.4) is 0 Å². The molecule has 7 heteroatoms. The molecule has 0 aliphatic rings. The zero-order valence-corrected chi connectivity index (χ0v) is 12.8. The highest BCUT2D eigenvalue weighted by Crippen LogP contribution is 2.32. The lowest BCUT2D eigenvalue weighted by Crippen LogP contribution is -2.06. The number of nitrogen functional groups attached to an aromatic ring is 1. The summed E-state index contributed by atoms with van der Waals surface area (Å²) in [6, 6.07) is 4.91. The van der Waals surface area contributed by atoms with Crippen LogP contribution in [-0.4, -0.2) is 9.97 Å². The molecule has 0 unspecified atom stereocenters. The first-order valence-electron chi connectivity index (χ1n) is 6.32. The number of hydrogen-bond acceptors (Lipinski definition) is 3. The van der Waals surface area contributed by atoms with E-state index in [2.05, 4.69) is 25.9 Å². The molecule has 3 nitrogen and oxygen atoms in total. The van der Waals surface area contributed by atoms with E-state index in [4.69, 9.17) is 5.73 Å². The number of nitrogens with zero attached hydrogens (tertiary/aromatic N) is 2. The molecule has 0 spiro atoms. The number of rotatable bonds is 3. The van der Waals surface area contributed by atoms with Crippen LogP contribution in [0.2, 0.25) is 0 Å². The molecular weight excluding hydrogens is 347 g/mol. The van der Waals surface area contributed by atoms with Crippen LogP contribution in [-0.2, 0) is 12.6 Å². The molecule has 1 heterocycles. The number of anilines is 1. The Morgan fingerprint density at radius 3 is 2.57 bits per heavy atom. The first-order chi connectivity index (χ1) is 9.82. The average Bonchev–Trinajstić information content (AvgIpc) is 2.43. The number of hydrogen-bond donors (Lipinski definition) is 1. The third kappa shape index (κ3) is 3.53. The molecule has 21 heavy (non-hydrogen) atoms. The molecule has 0 amide bonds. The maximum absolute atomic E-state index is 12.8. The van der Waals surface area contributed by atoms with E-state index in [1.165, 1.54) is 12.1 Å². The second-order valence-corrected chi connectivity index (χ2v) is 5.31. The van der Waals surface area contributed by atoms with Crippen LogP contribution in [0, 0.1) is 0 Å². The Morgan fingerprint density at radius 1 is 1.24 bits per heavy atom. The maximum Gasteiger partial charge on any atom is 0.416 e. The summed E-state index contributed by atoms with van der Waals surface area (Å²) in [7, 11) is 0. The first kappa shape index (κ1) is 15.8. The molecule has 1 aromatic heterocycles. The highest BCUT2D eigenvalue weighted by Gasteiger charge is 2.30. The van der Waals surface area contributed by atoms with E-state index in [0.29, 0.717) is 22.2 Å². The lowest BCUT2D eigenvalue weighted by molar-refractivity contribution is -0.137. The van der Waals surface area contributed by atoms with Crippen molar-refractivity contribution in [3.05, 3.63) is 40.0 Å². The number of halogens is 4. The van der Waals surface area contributed by atoms with Crippen molar-refractivity contribution >= 4 is 21.7 Å². The Morgan fingerprint density at radius 2 is 1.95 bits per heavy atom. The molecular formula is C14H13BrF3N3. The standard InChI is InChI=1S/C14H13BrF3N3/c1-2-4-10-11(15)12(19)21-13(20-10)8-5-3-6-9(7-8)14(16,17)18/h3,5-7H,2,4H2,1H3,(H2,19,20,21). The molecule has 0 saturated heterocycles. The van der Waals surface area contributed by atoms with Crippen LogP contribution in [0.15, 0.2) is 28.7 Å². The van der Waals surface area contributed by atoms with Gasteiger partial charge < -0.3 is 5.73 Å². The van der Waals surface area contributed by atoms with Gasteiger partial charge in [0.15, 0.2) is 5.82 Å². The topological polar surface area (TPSA) is 51.8 Å². The summed E-state index contributed by atoms with van der Waals surface area (Å²) in [5, 5.41) is 0. The van der Waals surface area contributed by atoms with Gasteiger partial charge in [0.25, 0.3) is 0 Å². The predicted molar refractivity (Wildman–Crippen MR) is 78.6 cm³/mol. The molecule has 0 saturated carbocycles. The van der Waals surface area contributed by atoms with Gasteiger partial charge in [-0.05, 0) is 34.5 Å². The summed E-state index contributed by atoms with van der Waals surface area (Å²) in [5.41, 5.74) is 6.04. The van der Waals surface area contributed by atoms with Gasteiger partial charge in [0.1, 0.15) is 5.82 Å². The van der Waals surface area contributed by atoms with Gasteiger partial charge in [-0.2, -0.15) is 13.2 Å². The normalized spacial score (nSPS) is 11.7. The van der Waals surface area contributed by atoms with Crippen LogP contribution in [0.25, 0.3) is 11.4 Å². The predicted octanol–water partition coefficient (Wildman–Crippen LogP) is 4.46. The molecule has 0 aliphatic heterocycles. The molecule has 0 aliphatic carbocycles. The van der Waals surface area contributed by atoms with Gasteiger partial charge in [-0.3, -0.25) is 0 Å². The van der Waals surface area contributed by atoms with Crippen molar-refractivity contribution in [2.45, 2.75) is 25.9 Å². The fraction of sp³-hybridized carbons (Fsp3) is 0.286. The Labute approximate surface area is 128 Å². The van der Waals surface area contributed by atoms with Gasteiger partial charge in [0.2, 0.25) is 0 Å². The van der Waals surface area contributed by atoms with Gasteiger partial charge in [-0.25, -0.2) is 9.97 Å². The van der Waals surface area contributed by atoms with Crippen molar-refractivity contribution in [2.24, 2.45) is 0 Å². The first-order valence-corrected chi connectivity index (χ1v) is 7.11. The lowest BCUT2D eigenvalue weighted by atomic mass is 10.1. The second-order valence-electron chi connectivity index (χ2n) is 4.52. The van der Waals surface area contributed by atoms with Gasteiger partial charge in [-0.1, -0.05) is 25.5 Å². The summed E-state index contributed by atoms with van der Waals surface area (Å²) in [5.74, 6) is 0.422. The Balaban J connectivity index is 2.52. The summed E-state index contributed by atoms with van der Waals surface area (Å²) in [4.78, 5) is 8.37. The SMILES string of the molecule is CCCc1nc(-c2cccc(C(F)(F)F)c2)nc(N)c1Br. The van der Waals surface area contributed by atoms with Crippen molar-refractivity contribution in [1.82, 2.24) is 9.97 Å². The summed E-state index contributed by atoms with van der Waals surface area (Å²) < 4.78 is 38.9. The van der Waals surface area contributed by atoms with E-state index in [9.17, 15) is 13.2 Å². The van der Waals surface area contributed by atoms with Gasteiger partial charge in [-0.15, -0.1) is 0 Å². The van der Waals surface area contributed by atoms with Crippen LogP contribution >= 0.6 is 15.9 Å². The van der Waals surface area contributed by atoms with Crippen molar-refractivity contribution in [1.29, 1.82) is 0 Å². The van der Waals surface area contributed by atoms with Gasteiger partial charge in [0.05, 0.1) is 15.7 Å². The number of aromatic nitrogens is 2. The van der Waals surface area contributed by atoms with E-state index >= 15 is 0 Å². The van der Waals surface area contributed by atoms with Gasteiger partial charge >= 0.3 is 6.18 Å². The lowest BCUT2D eigenvalue weighted by Gasteiger charge is -2.10. The summed E-state index contributed by atoms with van der Waals surface area (Å²) in [6.07, 6.45) is -2.89. The average molecular weight is 360 g/mol. The molecule has 2 rings (SSSR count). The molecule has 0 atom stereocenters. The van der Waals surface area contributed by atoms with Crippen LogP contribution in [0.4, 0.5) is 19.0 Å². The van der Waals surface area contributed by atoms with E-state index < -0.39 is 11.7 Å². The van der Waals surface area contributed by atoms with Crippen molar-refractivity contribution in [3.63, 3.8) is 0 Å². The Hall–Kier alpha value is -1.63. The molecule has 2 aromatic rings. The monoisotopic (exact) mass is 359 g/mol. The molecule has 112 valence electrons. The number of benzene rings is 1. The molecule has 1 aromatic carbocycles. The van der Waals surface area contributed by atoms with Crippen molar-refractivity contribution < 1.29 is 13.2 Å². The quantitative estimate of drug-likeness (QED) is 0.879. The fourth-order valence-electron chi connectivity index (χ4n) is 1.88. The Kier molecular flexibility index (Phi) is 4.51. The summed E-state index contributed by atoms with van der Waals surface area (Å²) >= 11 is 3.30. The molecule has 0 bridgehead atoms. The molecule has 2 N–H and O–H groups in total. The van der Waals surface area contributed by atoms with Crippen LogP contribution < -0.4 is 5.73 Å². The minimum atomic E-state index is -4.40. The largest absolute Gasteiger partial charge is 0.416 e. The highest BCUT2D eigenvalue weighted by molar-refractivity contribution is 9.10. The smallest absolute Gasteiger partial charge is 0.383 e. The van der Waals surface area contributed by atoms with Gasteiger partial charge in [0, 0.05) is 5.56 Å². The second kappa shape index (κ2) is 6.01. The number of nitrogens with two attached hydrogens (primary N) is 1. The number of aryl methyl sites for hydroxylation is 1. The summed E-state index contributed by atoms with van der Waals surface area (Å²) in [6.45, 7) is 1.98. The van der Waals surface area contributed by atoms with Crippen LogP contribution in [0.5, 0.6) is 0 Å². The minimum Gasteiger partial charge on any atom is -0.383 e. The van der Waals surface area contributed by atoms with E-state index in [1.54, 1.807) is 0 Å². The third-order valence-electron chi connectivity index (χ3n) is 2.88. The molecule has 0 fully saturated rings. The molecule has 0 radical (unpaired) electrons. The van der Waals surface area contributed by atoms with Crippen molar-refractivity contribution in [3.8, 4) is 11.4 Å². The fourth-order valence-corrected chi connectivity index (χ4v) is 2.25. The van der Waals surface area contributed by atoms with Crippen LogP contribution in [0.1, 0.15) is 24.6 Å². The zero-order valence-electron chi connectivity index (χ0n) is 11.2. The number of alkyl halides is 3. The highest BCUT2D eigenvalue weighted by atomic mass is 79.9. The van der Waals surface area contributed by atoms with E-state index in [-0.39, 0.29) is 11.6 Å². The minimum absolute atomic E-state index is 0.199. The van der Waals surface area contributed by atoms with E-state index in [1.807, 2.05) is 6.92 Å².